The normalized spacial score (nSPS) is 16.5. The van der Waals surface area contributed by atoms with Crippen LogP contribution in [0.4, 0.5) is 5.82 Å². The van der Waals surface area contributed by atoms with E-state index in [1.165, 1.54) is 10.7 Å². The van der Waals surface area contributed by atoms with Crippen LogP contribution in [0.2, 0.25) is 5.02 Å². The third-order valence-corrected chi connectivity index (χ3v) is 5.42. The Kier molecular flexibility index (Phi) is 5.90. The summed E-state index contributed by atoms with van der Waals surface area (Å²) in [5.74, 6) is 2.07. The van der Waals surface area contributed by atoms with Crippen LogP contribution in [0.15, 0.2) is 57.7 Å². The Labute approximate surface area is 179 Å². The largest absolute Gasteiger partial charge is 0.465 e. The third-order valence-electron chi connectivity index (χ3n) is 5.19. The molecule has 0 spiro atoms. The fraction of sp³-hybridized carbons (Fsp3) is 0.318. The molecule has 1 N–H and O–H groups in total. The molecule has 3 aromatic rings. The van der Waals surface area contributed by atoms with E-state index in [2.05, 4.69) is 10.4 Å². The summed E-state index contributed by atoms with van der Waals surface area (Å²) in [6, 6.07) is 13.9. The molecule has 0 radical (unpaired) electrons. The molecule has 1 fully saturated rings. The first-order valence-corrected chi connectivity index (χ1v) is 10.3. The average molecular weight is 427 g/mol. The van der Waals surface area contributed by atoms with Crippen LogP contribution in [0.25, 0.3) is 5.69 Å². The van der Waals surface area contributed by atoms with Crippen LogP contribution in [0.5, 0.6) is 0 Å². The summed E-state index contributed by atoms with van der Waals surface area (Å²) < 4.78 is 6.85. The van der Waals surface area contributed by atoms with Crippen LogP contribution in [-0.4, -0.2) is 28.8 Å². The zero-order chi connectivity index (χ0) is 21.1. The van der Waals surface area contributed by atoms with E-state index in [1.54, 1.807) is 30.3 Å². The van der Waals surface area contributed by atoms with Crippen molar-refractivity contribution in [3.63, 3.8) is 0 Å². The summed E-state index contributed by atoms with van der Waals surface area (Å²) in [6.07, 6.45) is 1.68. The summed E-state index contributed by atoms with van der Waals surface area (Å²) in [7, 11) is 0. The molecule has 1 saturated heterocycles. The molecule has 0 unspecified atom stereocenters. The summed E-state index contributed by atoms with van der Waals surface area (Å²) in [5.41, 5.74) is 0.371. The maximum atomic E-state index is 12.7. The first-order chi connectivity index (χ1) is 14.5. The van der Waals surface area contributed by atoms with Crippen LogP contribution in [0.1, 0.15) is 24.4 Å². The number of aryl methyl sites for hydroxylation is 1. The van der Waals surface area contributed by atoms with E-state index < -0.39 is 0 Å². The van der Waals surface area contributed by atoms with E-state index >= 15 is 0 Å². The molecule has 2 aromatic heterocycles. The number of nitrogens with one attached hydrogen (secondary N) is 1. The highest BCUT2D eigenvalue weighted by Gasteiger charge is 2.27. The lowest BCUT2D eigenvalue weighted by Crippen LogP contribution is -2.43. The predicted octanol–water partition coefficient (Wildman–Crippen LogP) is 3.32. The summed E-state index contributed by atoms with van der Waals surface area (Å²) in [6.45, 7) is 3.58. The van der Waals surface area contributed by atoms with E-state index in [0.717, 1.165) is 30.9 Å². The molecular formula is C22H23ClN4O3. The molecule has 0 bridgehead atoms. The number of rotatable bonds is 5. The van der Waals surface area contributed by atoms with Gasteiger partial charge in [0, 0.05) is 24.2 Å². The van der Waals surface area contributed by atoms with Gasteiger partial charge >= 0.3 is 0 Å². The third kappa shape index (κ3) is 4.57. The van der Waals surface area contributed by atoms with Crippen LogP contribution in [0, 0.1) is 12.8 Å². The van der Waals surface area contributed by atoms with Crippen molar-refractivity contribution in [2.24, 2.45) is 5.92 Å². The van der Waals surface area contributed by atoms with Crippen molar-refractivity contribution >= 4 is 23.3 Å². The van der Waals surface area contributed by atoms with Gasteiger partial charge in [-0.1, -0.05) is 17.7 Å². The molecule has 8 heteroatoms. The topological polar surface area (TPSA) is 80.4 Å². The van der Waals surface area contributed by atoms with Gasteiger partial charge in [-0.05, 0) is 56.2 Å². The van der Waals surface area contributed by atoms with Crippen molar-refractivity contribution in [2.45, 2.75) is 26.3 Å². The molecule has 1 amide bonds. The highest BCUT2D eigenvalue weighted by Crippen LogP contribution is 2.22. The van der Waals surface area contributed by atoms with E-state index in [0.29, 0.717) is 29.6 Å². The van der Waals surface area contributed by atoms with Gasteiger partial charge in [0.15, 0.2) is 0 Å². The van der Waals surface area contributed by atoms with Gasteiger partial charge < -0.3 is 14.6 Å². The lowest BCUT2D eigenvalue weighted by atomic mass is 9.97. The summed E-state index contributed by atoms with van der Waals surface area (Å²) >= 11 is 6.06. The van der Waals surface area contributed by atoms with Gasteiger partial charge in [0.2, 0.25) is 5.91 Å². The Balaban J connectivity index is 1.47. The van der Waals surface area contributed by atoms with Crippen molar-refractivity contribution in [3.8, 4) is 5.69 Å². The van der Waals surface area contributed by atoms with Crippen LogP contribution in [-0.2, 0) is 11.3 Å². The van der Waals surface area contributed by atoms with Crippen LogP contribution >= 0.6 is 11.6 Å². The number of furan rings is 1. The Morgan fingerprint density at radius 3 is 2.90 bits per heavy atom. The first kappa shape index (κ1) is 20.2. The van der Waals surface area contributed by atoms with E-state index in [9.17, 15) is 9.59 Å². The Hall–Kier alpha value is -3.06. The molecule has 156 valence electrons. The molecule has 0 saturated carbocycles. The number of piperidine rings is 1. The monoisotopic (exact) mass is 426 g/mol. The minimum Gasteiger partial charge on any atom is -0.465 e. The number of carbonyl (C=O) groups is 1. The number of hydrogen-bond donors (Lipinski definition) is 1. The van der Waals surface area contributed by atoms with Gasteiger partial charge in [0.25, 0.3) is 5.56 Å². The number of carbonyl (C=O) groups excluding carboxylic acids is 1. The molecule has 30 heavy (non-hydrogen) atoms. The fourth-order valence-corrected chi connectivity index (χ4v) is 3.85. The molecule has 7 nitrogen and oxygen atoms in total. The summed E-state index contributed by atoms with van der Waals surface area (Å²) in [4.78, 5) is 27.0. The number of anilines is 1. The first-order valence-electron chi connectivity index (χ1n) is 9.94. The molecule has 3 heterocycles. The zero-order valence-electron chi connectivity index (χ0n) is 16.7. The van der Waals surface area contributed by atoms with E-state index in [1.807, 2.05) is 24.0 Å². The van der Waals surface area contributed by atoms with Gasteiger partial charge in [-0.25, -0.2) is 0 Å². The van der Waals surface area contributed by atoms with E-state index in [4.69, 9.17) is 16.0 Å². The minimum atomic E-state index is -0.235. The maximum absolute atomic E-state index is 12.7. The standard InChI is InChI=1S/C22H23ClN4O3/c1-15-7-8-19(30-15)13-24-22(29)16-4-3-11-26(14-16)20-9-10-21(28)27(25-20)18-6-2-5-17(23)12-18/h2,5-10,12,16H,3-4,11,13-14H2,1H3,(H,24,29)/t16-/m0/s1. The van der Waals surface area contributed by atoms with Crippen LogP contribution < -0.4 is 15.8 Å². The van der Waals surface area contributed by atoms with Crippen molar-refractivity contribution in [3.05, 3.63) is 75.4 Å². The fourth-order valence-electron chi connectivity index (χ4n) is 3.66. The van der Waals surface area contributed by atoms with Crippen molar-refractivity contribution < 1.29 is 9.21 Å². The van der Waals surface area contributed by atoms with Gasteiger partial charge in [-0.15, -0.1) is 5.10 Å². The molecule has 1 atom stereocenters. The van der Waals surface area contributed by atoms with Gasteiger partial charge in [-0.3, -0.25) is 9.59 Å². The molecule has 1 aliphatic heterocycles. The second kappa shape index (κ2) is 8.75. The second-order valence-electron chi connectivity index (χ2n) is 7.44. The molecule has 4 rings (SSSR count). The lowest BCUT2D eigenvalue weighted by Gasteiger charge is -2.32. The Bertz CT molecular complexity index is 1110. The van der Waals surface area contributed by atoms with Gasteiger partial charge in [0.1, 0.15) is 17.3 Å². The average Bonchev–Trinajstić information content (AvgIpc) is 3.17. The SMILES string of the molecule is Cc1ccc(CNC(=O)[C@H]2CCCN(c3ccc(=O)n(-c4cccc(Cl)c4)n3)C2)o1. The van der Waals surface area contributed by atoms with Crippen molar-refractivity contribution in [1.29, 1.82) is 0 Å². The number of hydrogen-bond acceptors (Lipinski definition) is 5. The van der Waals surface area contributed by atoms with Crippen LogP contribution in [0.3, 0.4) is 0 Å². The Morgan fingerprint density at radius 1 is 1.27 bits per heavy atom. The Morgan fingerprint density at radius 2 is 2.13 bits per heavy atom. The predicted molar refractivity (Wildman–Crippen MR) is 115 cm³/mol. The summed E-state index contributed by atoms with van der Waals surface area (Å²) in [5, 5.41) is 8.01. The number of halogens is 1. The smallest absolute Gasteiger partial charge is 0.271 e. The number of nitrogens with zero attached hydrogens (tertiary/aromatic N) is 3. The molecular weight excluding hydrogens is 404 g/mol. The van der Waals surface area contributed by atoms with E-state index in [-0.39, 0.29) is 17.4 Å². The highest BCUT2D eigenvalue weighted by atomic mass is 35.5. The minimum absolute atomic E-state index is 0.00286. The molecule has 1 aliphatic rings. The number of benzene rings is 1. The number of amides is 1. The van der Waals surface area contributed by atoms with Gasteiger partial charge in [-0.2, -0.15) is 4.68 Å². The van der Waals surface area contributed by atoms with Crippen molar-refractivity contribution in [1.82, 2.24) is 15.1 Å². The van der Waals surface area contributed by atoms with Crippen molar-refractivity contribution in [2.75, 3.05) is 18.0 Å². The highest BCUT2D eigenvalue weighted by molar-refractivity contribution is 6.30. The molecule has 1 aromatic carbocycles. The zero-order valence-corrected chi connectivity index (χ0v) is 17.4. The molecule has 0 aliphatic carbocycles. The lowest BCUT2D eigenvalue weighted by molar-refractivity contribution is -0.125. The number of aromatic nitrogens is 2. The quantitative estimate of drug-likeness (QED) is 0.677. The van der Waals surface area contributed by atoms with Gasteiger partial charge in [0.05, 0.1) is 18.2 Å². The maximum Gasteiger partial charge on any atom is 0.271 e. The second-order valence-corrected chi connectivity index (χ2v) is 7.87.